The van der Waals surface area contributed by atoms with Gasteiger partial charge in [-0.2, -0.15) is 0 Å². The van der Waals surface area contributed by atoms with Gasteiger partial charge in [-0.1, -0.05) is 32.0 Å². The summed E-state index contributed by atoms with van der Waals surface area (Å²) in [4.78, 5) is 16.0. The van der Waals surface area contributed by atoms with E-state index in [0.717, 1.165) is 17.5 Å². The number of amides is 1. The number of carbonyl (C=O) groups excluding carboxylic acids is 1. The van der Waals surface area contributed by atoms with Crippen molar-refractivity contribution in [3.05, 3.63) is 41.7 Å². The van der Waals surface area contributed by atoms with Gasteiger partial charge in [-0.25, -0.2) is 0 Å². The zero-order valence-electron chi connectivity index (χ0n) is 14.6. The Bertz CT molecular complexity index is 834. The molecule has 24 heavy (non-hydrogen) atoms. The molecule has 2 heterocycles. The van der Waals surface area contributed by atoms with Crippen LogP contribution in [-0.2, 0) is 11.3 Å². The standard InChI is InChI=1S/C19H23N3OS/c1-5-22-18(23)17(20(4)19(22)24)10-14-12-21(11-13(2)3)16-9-7-6-8-15(14)16/h6-10,12-13H,5,11H2,1-4H3/b17-10-. The van der Waals surface area contributed by atoms with Crippen LogP contribution in [0.25, 0.3) is 17.0 Å². The van der Waals surface area contributed by atoms with Gasteiger partial charge in [-0.3, -0.25) is 9.69 Å². The van der Waals surface area contributed by atoms with Crippen molar-refractivity contribution < 1.29 is 4.79 Å². The number of para-hydroxylation sites is 1. The quantitative estimate of drug-likeness (QED) is 0.627. The van der Waals surface area contributed by atoms with E-state index in [9.17, 15) is 4.79 Å². The molecule has 2 aromatic rings. The molecule has 5 heteroatoms. The monoisotopic (exact) mass is 341 g/mol. The topological polar surface area (TPSA) is 28.5 Å². The number of hydrogen-bond acceptors (Lipinski definition) is 2. The van der Waals surface area contributed by atoms with Gasteiger partial charge in [0.05, 0.1) is 0 Å². The average Bonchev–Trinajstić information content (AvgIpc) is 2.98. The Morgan fingerprint density at radius 1 is 1.25 bits per heavy atom. The van der Waals surface area contributed by atoms with Crippen molar-refractivity contribution in [1.82, 2.24) is 14.4 Å². The largest absolute Gasteiger partial charge is 0.347 e. The molecule has 0 bridgehead atoms. The number of benzene rings is 1. The van der Waals surface area contributed by atoms with Crippen LogP contribution in [-0.4, -0.2) is 39.0 Å². The molecule has 126 valence electrons. The fourth-order valence-electron chi connectivity index (χ4n) is 3.17. The van der Waals surface area contributed by atoms with Crippen molar-refractivity contribution in [3.8, 4) is 0 Å². The number of rotatable bonds is 4. The SMILES string of the molecule is CCN1C(=O)/C(=C/c2cn(CC(C)C)c3ccccc23)N(C)C1=S. The second-order valence-electron chi connectivity index (χ2n) is 6.57. The van der Waals surface area contributed by atoms with Crippen LogP contribution in [0.15, 0.2) is 36.2 Å². The van der Waals surface area contributed by atoms with Crippen LogP contribution in [0.4, 0.5) is 0 Å². The number of thiocarbonyl (C=S) groups is 1. The van der Waals surface area contributed by atoms with E-state index in [-0.39, 0.29) is 5.91 Å². The van der Waals surface area contributed by atoms with E-state index in [1.165, 1.54) is 5.52 Å². The van der Waals surface area contributed by atoms with Crippen LogP contribution in [0.3, 0.4) is 0 Å². The minimum absolute atomic E-state index is 0.0225. The lowest BCUT2D eigenvalue weighted by atomic mass is 10.1. The molecule has 0 aliphatic carbocycles. The van der Waals surface area contributed by atoms with Crippen molar-refractivity contribution in [2.45, 2.75) is 27.3 Å². The van der Waals surface area contributed by atoms with Gasteiger partial charge in [-0.05, 0) is 37.2 Å². The highest BCUT2D eigenvalue weighted by atomic mass is 32.1. The summed E-state index contributed by atoms with van der Waals surface area (Å²) in [5.74, 6) is 0.533. The van der Waals surface area contributed by atoms with Crippen LogP contribution in [0, 0.1) is 5.92 Å². The maximum atomic E-state index is 12.6. The summed E-state index contributed by atoms with van der Waals surface area (Å²) < 4.78 is 2.27. The van der Waals surface area contributed by atoms with E-state index in [1.807, 2.05) is 26.1 Å². The van der Waals surface area contributed by atoms with Crippen LogP contribution < -0.4 is 0 Å². The molecule has 1 aromatic heterocycles. The summed E-state index contributed by atoms with van der Waals surface area (Å²) in [6.07, 6.45) is 4.10. The lowest BCUT2D eigenvalue weighted by Gasteiger charge is -2.13. The molecule has 0 spiro atoms. The minimum atomic E-state index is -0.0225. The third kappa shape index (κ3) is 2.73. The van der Waals surface area contributed by atoms with Crippen LogP contribution >= 0.6 is 12.2 Å². The van der Waals surface area contributed by atoms with Crippen molar-refractivity contribution >= 4 is 40.2 Å². The molecular weight excluding hydrogens is 318 g/mol. The number of fused-ring (bicyclic) bond motifs is 1. The van der Waals surface area contributed by atoms with Gasteiger partial charge in [0.2, 0.25) is 0 Å². The van der Waals surface area contributed by atoms with E-state index in [1.54, 1.807) is 9.80 Å². The molecule has 1 aliphatic rings. The Hall–Kier alpha value is -2.14. The molecule has 1 saturated heterocycles. The molecule has 0 N–H and O–H groups in total. The van der Waals surface area contributed by atoms with Crippen molar-refractivity contribution in [3.63, 3.8) is 0 Å². The van der Waals surface area contributed by atoms with Crippen LogP contribution in [0.5, 0.6) is 0 Å². The zero-order valence-corrected chi connectivity index (χ0v) is 15.4. The maximum absolute atomic E-state index is 12.6. The predicted molar refractivity (Wildman–Crippen MR) is 103 cm³/mol. The average molecular weight is 341 g/mol. The minimum Gasteiger partial charge on any atom is -0.347 e. The van der Waals surface area contributed by atoms with Gasteiger partial charge in [0.15, 0.2) is 5.11 Å². The van der Waals surface area contributed by atoms with Crippen molar-refractivity contribution in [2.24, 2.45) is 5.92 Å². The Labute approximate surface area is 148 Å². The Morgan fingerprint density at radius 2 is 1.96 bits per heavy atom. The number of hydrogen-bond donors (Lipinski definition) is 0. The summed E-state index contributed by atoms with van der Waals surface area (Å²) in [6, 6.07) is 8.32. The molecule has 0 saturated carbocycles. The number of nitrogens with zero attached hydrogens (tertiary/aromatic N) is 3. The first-order valence-corrected chi connectivity index (χ1v) is 8.74. The molecule has 1 aliphatic heterocycles. The highest BCUT2D eigenvalue weighted by Gasteiger charge is 2.34. The first kappa shape index (κ1) is 16.7. The fraction of sp³-hybridized carbons (Fsp3) is 0.368. The second-order valence-corrected chi connectivity index (χ2v) is 6.93. The van der Waals surface area contributed by atoms with E-state index in [0.29, 0.717) is 23.3 Å². The van der Waals surface area contributed by atoms with Gasteiger partial charge < -0.3 is 9.47 Å². The molecule has 0 radical (unpaired) electrons. The van der Waals surface area contributed by atoms with E-state index in [4.69, 9.17) is 12.2 Å². The zero-order chi connectivity index (χ0) is 17.4. The third-order valence-electron chi connectivity index (χ3n) is 4.33. The summed E-state index contributed by atoms with van der Waals surface area (Å²) in [5.41, 5.74) is 2.89. The summed E-state index contributed by atoms with van der Waals surface area (Å²) in [7, 11) is 1.86. The van der Waals surface area contributed by atoms with Crippen molar-refractivity contribution in [2.75, 3.05) is 13.6 Å². The van der Waals surface area contributed by atoms with Gasteiger partial charge in [-0.15, -0.1) is 0 Å². The Balaban J connectivity index is 2.10. The van der Waals surface area contributed by atoms with Gasteiger partial charge in [0.25, 0.3) is 5.91 Å². The number of likely N-dealkylation sites (N-methyl/N-ethyl adjacent to an activating group) is 2. The van der Waals surface area contributed by atoms with E-state index < -0.39 is 0 Å². The summed E-state index contributed by atoms with van der Waals surface area (Å²) >= 11 is 5.38. The molecule has 4 nitrogen and oxygen atoms in total. The van der Waals surface area contributed by atoms with Crippen LogP contribution in [0.2, 0.25) is 0 Å². The predicted octanol–water partition coefficient (Wildman–Crippen LogP) is 3.72. The molecule has 0 atom stereocenters. The van der Waals surface area contributed by atoms with E-state index in [2.05, 4.69) is 42.8 Å². The molecule has 1 amide bonds. The highest BCUT2D eigenvalue weighted by Crippen LogP contribution is 2.27. The second kappa shape index (κ2) is 6.40. The van der Waals surface area contributed by atoms with Crippen molar-refractivity contribution in [1.29, 1.82) is 0 Å². The Morgan fingerprint density at radius 3 is 2.58 bits per heavy atom. The third-order valence-corrected chi connectivity index (χ3v) is 4.83. The normalized spacial score (nSPS) is 17.1. The summed E-state index contributed by atoms with van der Waals surface area (Å²) in [5, 5.41) is 1.73. The lowest BCUT2D eigenvalue weighted by molar-refractivity contribution is -0.122. The molecule has 3 rings (SSSR count). The molecule has 0 unspecified atom stereocenters. The fourth-order valence-corrected chi connectivity index (χ4v) is 3.48. The van der Waals surface area contributed by atoms with Crippen LogP contribution in [0.1, 0.15) is 26.3 Å². The molecule has 1 fully saturated rings. The molecule has 1 aromatic carbocycles. The molecular formula is C19H23N3OS. The van der Waals surface area contributed by atoms with Gasteiger partial charge in [0.1, 0.15) is 5.70 Å². The lowest BCUT2D eigenvalue weighted by Crippen LogP contribution is -2.30. The highest BCUT2D eigenvalue weighted by molar-refractivity contribution is 7.80. The smallest absolute Gasteiger partial charge is 0.276 e. The van der Waals surface area contributed by atoms with Gasteiger partial charge >= 0.3 is 0 Å². The summed E-state index contributed by atoms with van der Waals surface area (Å²) in [6.45, 7) is 7.90. The first-order chi connectivity index (χ1) is 11.4. The number of aromatic nitrogens is 1. The van der Waals surface area contributed by atoms with Gasteiger partial charge in [0, 0.05) is 42.8 Å². The maximum Gasteiger partial charge on any atom is 0.276 e. The first-order valence-electron chi connectivity index (χ1n) is 8.33. The van der Waals surface area contributed by atoms with E-state index >= 15 is 0 Å². The number of carbonyl (C=O) groups is 1. The Kier molecular flexibility index (Phi) is 4.45.